The molecule has 2 heterocycles. The van der Waals surface area contributed by atoms with Gasteiger partial charge in [0.05, 0.1) is 23.9 Å². The van der Waals surface area contributed by atoms with Crippen LogP contribution in [0.5, 0.6) is 0 Å². The number of nitrogens with zero attached hydrogens (tertiary/aromatic N) is 4. The van der Waals surface area contributed by atoms with E-state index in [4.69, 9.17) is 5.41 Å². The van der Waals surface area contributed by atoms with Gasteiger partial charge < -0.3 is 10.7 Å². The number of fused-ring (bicyclic) bond motifs is 4. The number of anilines is 1. The Kier molecular flexibility index (Phi) is 4.64. The van der Waals surface area contributed by atoms with E-state index in [0.29, 0.717) is 36.5 Å². The van der Waals surface area contributed by atoms with Crippen LogP contribution in [0.3, 0.4) is 0 Å². The van der Waals surface area contributed by atoms with E-state index >= 15 is 0 Å². The minimum Gasteiger partial charge on any atom is -0.325 e. The zero-order valence-corrected chi connectivity index (χ0v) is 17.7. The van der Waals surface area contributed by atoms with Crippen LogP contribution in [0.4, 0.5) is 5.69 Å². The third-order valence-corrected chi connectivity index (χ3v) is 7.24. The van der Waals surface area contributed by atoms with Crippen molar-refractivity contribution in [3.8, 4) is 18.2 Å². The summed E-state index contributed by atoms with van der Waals surface area (Å²) in [5.74, 6) is -2.08. The molecule has 2 aliphatic heterocycles. The van der Waals surface area contributed by atoms with Crippen molar-refractivity contribution >= 4 is 17.3 Å². The molecule has 3 aliphatic rings. The highest BCUT2D eigenvalue weighted by atomic mass is 16.2. The molecule has 1 unspecified atom stereocenters. The summed E-state index contributed by atoms with van der Waals surface area (Å²) in [6.45, 7) is 1.57. The molecule has 2 aromatic carbocycles. The van der Waals surface area contributed by atoms with Gasteiger partial charge in [0.15, 0.2) is 0 Å². The number of benzene rings is 2. The van der Waals surface area contributed by atoms with E-state index in [2.05, 4.69) is 16.3 Å². The third-order valence-electron chi connectivity index (χ3n) is 7.24. The number of nitriles is 3. The highest BCUT2D eigenvalue weighted by Crippen LogP contribution is 2.61. The fraction of sp³-hybridized carbons (Fsp3) is 0.269. The Hall–Kier alpha value is -4.25. The molecule has 0 saturated heterocycles. The Balaban J connectivity index is 1.73. The summed E-state index contributed by atoms with van der Waals surface area (Å²) in [6, 6.07) is 23.2. The van der Waals surface area contributed by atoms with Crippen LogP contribution < -0.4 is 5.32 Å². The molecule has 1 fully saturated rings. The molecule has 0 aromatic heterocycles. The second-order valence-corrected chi connectivity index (χ2v) is 8.69. The van der Waals surface area contributed by atoms with Crippen molar-refractivity contribution < 1.29 is 4.79 Å². The highest BCUT2D eigenvalue weighted by Gasteiger charge is 2.73. The molecular weight excluding hydrogens is 412 g/mol. The van der Waals surface area contributed by atoms with Crippen molar-refractivity contribution in [3.05, 3.63) is 77.4 Å². The zero-order chi connectivity index (χ0) is 23.2. The number of hydrogen-bond donors (Lipinski definition) is 2. The van der Waals surface area contributed by atoms with E-state index in [0.717, 1.165) is 5.56 Å². The van der Waals surface area contributed by atoms with Gasteiger partial charge in [0.25, 0.3) is 0 Å². The van der Waals surface area contributed by atoms with Gasteiger partial charge in [-0.15, -0.1) is 0 Å². The minimum absolute atomic E-state index is 0.319. The first-order valence-corrected chi connectivity index (χ1v) is 10.7. The Morgan fingerprint density at radius 2 is 1.76 bits per heavy atom. The smallest absolute Gasteiger partial charge is 0.238 e. The Bertz CT molecular complexity index is 1310. The lowest BCUT2D eigenvalue weighted by molar-refractivity contribution is -0.125. The van der Waals surface area contributed by atoms with Gasteiger partial charge in [-0.2, -0.15) is 15.8 Å². The van der Waals surface area contributed by atoms with Crippen molar-refractivity contribution in [2.45, 2.75) is 12.0 Å². The first kappa shape index (κ1) is 20.6. The van der Waals surface area contributed by atoms with Crippen molar-refractivity contribution in [2.75, 3.05) is 18.4 Å². The van der Waals surface area contributed by atoms with Crippen LogP contribution >= 0.6 is 0 Å². The van der Waals surface area contributed by atoms with Crippen LogP contribution in [-0.4, -0.2) is 29.6 Å². The highest BCUT2D eigenvalue weighted by molar-refractivity contribution is 6.16. The average molecular weight is 432 g/mol. The number of carbonyl (C=O) groups is 1. The molecule has 2 N–H and O–H groups in total. The summed E-state index contributed by atoms with van der Waals surface area (Å²) in [7, 11) is 0. The van der Waals surface area contributed by atoms with Gasteiger partial charge in [0.1, 0.15) is 11.3 Å². The van der Waals surface area contributed by atoms with Gasteiger partial charge >= 0.3 is 0 Å². The molecule has 1 amide bonds. The summed E-state index contributed by atoms with van der Waals surface area (Å²) in [6.07, 6.45) is 1.91. The predicted molar refractivity (Wildman–Crippen MR) is 121 cm³/mol. The van der Waals surface area contributed by atoms with Crippen LogP contribution in [0.1, 0.15) is 11.1 Å². The molecular formula is C26H20N6O. The maximum Gasteiger partial charge on any atom is 0.238 e. The maximum absolute atomic E-state index is 13.8. The quantitative estimate of drug-likeness (QED) is 0.705. The average Bonchev–Trinajstić information content (AvgIpc) is 3.14. The topological polar surface area (TPSA) is 128 Å². The van der Waals surface area contributed by atoms with Gasteiger partial charge in [0.2, 0.25) is 11.3 Å². The molecule has 2 aromatic rings. The number of rotatable bonds is 2. The van der Waals surface area contributed by atoms with E-state index in [1.807, 2.05) is 48.5 Å². The Morgan fingerprint density at radius 1 is 1.06 bits per heavy atom. The standard InChI is InChI=1S/C26H20N6O/c27-12-19-18-10-11-32(13-17-6-2-1-3-7-17)14-21(18)26(25(15-28,16-29)23(19)30)20-8-4-5-9-22(20)31-24(26)33/h1-10,19,21,30H,11,13-14H2,(H,31,33)/t19?,21-,26+/m0/s1. The molecule has 3 atom stereocenters. The summed E-state index contributed by atoms with van der Waals surface area (Å²) in [4.78, 5) is 15.9. The number of hydrogen-bond acceptors (Lipinski definition) is 6. The lowest BCUT2D eigenvalue weighted by Gasteiger charge is -2.52. The zero-order valence-electron chi connectivity index (χ0n) is 17.7. The van der Waals surface area contributed by atoms with Crippen molar-refractivity contribution in [1.29, 1.82) is 21.2 Å². The first-order chi connectivity index (χ1) is 16.0. The summed E-state index contributed by atoms with van der Waals surface area (Å²) >= 11 is 0. The van der Waals surface area contributed by atoms with Crippen LogP contribution in [0.25, 0.3) is 0 Å². The molecule has 1 aliphatic carbocycles. The van der Waals surface area contributed by atoms with Crippen LogP contribution in [0, 0.1) is 56.7 Å². The molecule has 160 valence electrons. The van der Waals surface area contributed by atoms with Gasteiger partial charge in [-0.25, -0.2) is 0 Å². The summed E-state index contributed by atoms with van der Waals surface area (Å²) in [5, 5.41) is 42.3. The third kappa shape index (κ3) is 2.56. The minimum atomic E-state index is -2.10. The fourth-order valence-electron chi connectivity index (χ4n) is 5.81. The molecule has 33 heavy (non-hydrogen) atoms. The van der Waals surface area contributed by atoms with Gasteiger partial charge in [-0.3, -0.25) is 9.69 Å². The number of carbonyl (C=O) groups excluding carboxylic acids is 1. The molecule has 0 bridgehead atoms. The van der Waals surface area contributed by atoms with E-state index in [1.54, 1.807) is 24.3 Å². The Morgan fingerprint density at radius 3 is 2.45 bits per heavy atom. The van der Waals surface area contributed by atoms with E-state index < -0.39 is 28.6 Å². The summed E-state index contributed by atoms with van der Waals surface area (Å²) < 4.78 is 0. The second-order valence-electron chi connectivity index (χ2n) is 8.69. The molecule has 7 nitrogen and oxygen atoms in total. The number of para-hydroxylation sites is 1. The Labute approximate surface area is 191 Å². The first-order valence-electron chi connectivity index (χ1n) is 10.7. The van der Waals surface area contributed by atoms with E-state index in [9.17, 15) is 20.6 Å². The van der Waals surface area contributed by atoms with E-state index in [1.165, 1.54) is 0 Å². The summed E-state index contributed by atoms with van der Waals surface area (Å²) in [5.41, 5.74) is -1.19. The van der Waals surface area contributed by atoms with Crippen LogP contribution in [0.2, 0.25) is 0 Å². The van der Waals surface area contributed by atoms with Crippen LogP contribution in [0.15, 0.2) is 66.2 Å². The SMILES string of the molecule is N#CC1C(=N)C(C#N)(C#N)[C@@]2(C(=O)Nc3ccccc32)[C@H]2CN(Cc3ccccc3)CC=C12. The predicted octanol–water partition coefficient (Wildman–Crippen LogP) is 3.14. The molecule has 5 rings (SSSR count). The molecule has 0 radical (unpaired) electrons. The lowest BCUT2D eigenvalue weighted by Crippen LogP contribution is -2.66. The van der Waals surface area contributed by atoms with Crippen LogP contribution in [-0.2, 0) is 16.8 Å². The van der Waals surface area contributed by atoms with E-state index in [-0.39, 0.29) is 5.71 Å². The monoisotopic (exact) mass is 432 g/mol. The number of amides is 1. The molecule has 1 saturated carbocycles. The van der Waals surface area contributed by atoms with Crippen molar-refractivity contribution in [3.63, 3.8) is 0 Å². The number of nitrogens with one attached hydrogen (secondary N) is 2. The van der Waals surface area contributed by atoms with Crippen molar-refractivity contribution in [2.24, 2.45) is 17.3 Å². The lowest BCUT2D eigenvalue weighted by atomic mass is 9.45. The normalized spacial score (nSPS) is 27.4. The van der Waals surface area contributed by atoms with Gasteiger partial charge in [0, 0.05) is 31.2 Å². The molecule has 1 spiro atoms. The van der Waals surface area contributed by atoms with Gasteiger partial charge in [-0.05, 0) is 22.8 Å². The molecule has 7 heteroatoms. The maximum atomic E-state index is 13.8. The van der Waals surface area contributed by atoms with Gasteiger partial charge in [-0.1, -0.05) is 54.6 Å². The largest absolute Gasteiger partial charge is 0.325 e. The van der Waals surface area contributed by atoms with Crippen molar-refractivity contribution in [1.82, 2.24) is 4.90 Å². The second kappa shape index (κ2) is 7.41. The fourth-order valence-corrected chi connectivity index (χ4v) is 5.81.